The van der Waals surface area contributed by atoms with E-state index >= 15 is 0 Å². The SMILES string of the molecule is O=C(O)Cn1c(=O)[nH]c2ccc(Br)cc21. The van der Waals surface area contributed by atoms with Gasteiger partial charge in [-0.2, -0.15) is 0 Å². The van der Waals surface area contributed by atoms with Crippen molar-refractivity contribution in [3.05, 3.63) is 33.2 Å². The monoisotopic (exact) mass is 270 g/mol. The van der Waals surface area contributed by atoms with Crippen molar-refractivity contribution in [2.75, 3.05) is 0 Å². The average molecular weight is 271 g/mol. The predicted molar refractivity (Wildman–Crippen MR) is 57.9 cm³/mol. The van der Waals surface area contributed by atoms with Crippen molar-refractivity contribution in [2.45, 2.75) is 6.54 Å². The van der Waals surface area contributed by atoms with Crippen LogP contribution in [0, 0.1) is 0 Å². The third-order valence-electron chi connectivity index (χ3n) is 2.03. The molecular weight excluding hydrogens is 264 g/mol. The van der Waals surface area contributed by atoms with E-state index in [4.69, 9.17) is 5.11 Å². The molecule has 15 heavy (non-hydrogen) atoms. The van der Waals surface area contributed by atoms with Crippen LogP contribution >= 0.6 is 15.9 Å². The summed E-state index contributed by atoms with van der Waals surface area (Å²) >= 11 is 3.27. The minimum Gasteiger partial charge on any atom is -0.480 e. The van der Waals surface area contributed by atoms with E-state index < -0.39 is 11.7 Å². The predicted octanol–water partition coefficient (Wildman–Crippen LogP) is 1.18. The van der Waals surface area contributed by atoms with Crippen LogP contribution in [0.2, 0.25) is 0 Å². The molecule has 2 rings (SSSR count). The van der Waals surface area contributed by atoms with E-state index in [2.05, 4.69) is 20.9 Å². The van der Waals surface area contributed by atoms with E-state index in [0.717, 1.165) is 4.47 Å². The minimum absolute atomic E-state index is 0.338. The molecule has 6 heteroatoms. The van der Waals surface area contributed by atoms with E-state index in [-0.39, 0.29) is 6.54 Å². The second-order valence-corrected chi connectivity index (χ2v) is 3.99. The lowest BCUT2D eigenvalue weighted by Gasteiger charge is -1.98. The van der Waals surface area contributed by atoms with Crippen molar-refractivity contribution in [1.82, 2.24) is 9.55 Å². The van der Waals surface area contributed by atoms with Crippen molar-refractivity contribution in [1.29, 1.82) is 0 Å². The topological polar surface area (TPSA) is 75.1 Å². The highest BCUT2D eigenvalue weighted by atomic mass is 79.9. The molecule has 1 aromatic heterocycles. The Morgan fingerprint density at radius 1 is 1.53 bits per heavy atom. The molecule has 0 fully saturated rings. The number of hydrogen-bond donors (Lipinski definition) is 2. The van der Waals surface area contributed by atoms with Gasteiger partial charge >= 0.3 is 11.7 Å². The number of benzene rings is 1. The van der Waals surface area contributed by atoms with Crippen LogP contribution in [-0.4, -0.2) is 20.6 Å². The highest BCUT2D eigenvalue weighted by Gasteiger charge is 2.09. The molecule has 0 spiro atoms. The van der Waals surface area contributed by atoms with Crippen LogP contribution in [-0.2, 0) is 11.3 Å². The normalized spacial score (nSPS) is 10.7. The van der Waals surface area contributed by atoms with E-state index in [1.807, 2.05) is 0 Å². The molecule has 0 radical (unpaired) electrons. The maximum atomic E-state index is 11.4. The van der Waals surface area contributed by atoms with Crippen LogP contribution in [0.15, 0.2) is 27.5 Å². The van der Waals surface area contributed by atoms with Gasteiger partial charge in [-0.25, -0.2) is 4.79 Å². The zero-order chi connectivity index (χ0) is 11.0. The molecule has 0 amide bonds. The molecule has 0 atom stereocenters. The number of H-pyrrole nitrogens is 1. The number of carboxylic acid groups (broad SMARTS) is 1. The number of hydrogen-bond acceptors (Lipinski definition) is 2. The van der Waals surface area contributed by atoms with Crippen LogP contribution in [0.3, 0.4) is 0 Å². The van der Waals surface area contributed by atoms with Crippen molar-refractivity contribution in [3.63, 3.8) is 0 Å². The number of aromatic nitrogens is 2. The Labute approximate surface area is 92.5 Å². The Morgan fingerprint density at radius 2 is 2.27 bits per heavy atom. The number of rotatable bonds is 2. The summed E-state index contributed by atoms with van der Waals surface area (Å²) in [5.41, 5.74) is 0.798. The number of halogens is 1. The number of imidazole rings is 1. The Kier molecular flexibility index (Phi) is 2.36. The van der Waals surface area contributed by atoms with Crippen LogP contribution in [0.4, 0.5) is 0 Å². The Bertz CT molecular complexity index is 585. The molecule has 0 aliphatic rings. The molecule has 0 saturated carbocycles. The van der Waals surface area contributed by atoms with Crippen molar-refractivity contribution >= 4 is 32.9 Å². The fourth-order valence-electron chi connectivity index (χ4n) is 1.42. The molecule has 1 aromatic carbocycles. The maximum Gasteiger partial charge on any atom is 0.327 e. The lowest BCUT2D eigenvalue weighted by Crippen LogP contribution is -2.21. The maximum absolute atomic E-state index is 11.4. The fourth-order valence-corrected chi connectivity index (χ4v) is 1.77. The Hall–Kier alpha value is -1.56. The van der Waals surface area contributed by atoms with E-state index in [9.17, 15) is 9.59 Å². The number of fused-ring (bicyclic) bond motifs is 1. The first kappa shape index (κ1) is 9.97. The molecule has 2 aromatic rings. The summed E-state index contributed by atoms with van der Waals surface area (Å²) in [5, 5.41) is 8.65. The lowest BCUT2D eigenvalue weighted by molar-refractivity contribution is -0.137. The summed E-state index contributed by atoms with van der Waals surface area (Å²) in [6.07, 6.45) is 0. The molecule has 78 valence electrons. The molecule has 5 nitrogen and oxygen atoms in total. The second kappa shape index (κ2) is 3.54. The van der Waals surface area contributed by atoms with E-state index in [0.29, 0.717) is 11.0 Å². The Balaban J connectivity index is 2.70. The van der Waals surface area contributed by atoms with Crippen LogP contribution in [0.1, 0.15) is 0 Å². The highest BCUT2D eigenvalue weighted by Crippen LogP contribution is 2.16. The van der Waals surface area contributed by atoms with Gasteiger partial charge in [0, 0.05) is 4.47 Å². The quantitative estimate of drug-likeness (QED) is 0.861. The number of aromatic amines is 1. The summed E-state index contributed by atoms with van der Waals surface area (Å²) in [5.74, 6) is -1.04. The van der Waals surface area contributed by atoms with Gasteiger partial charge < -0.3 is 10.1 Å². The van der Waals surface area contributed by atoms with Crippen LogP contribution in [0.5, 0.6) is 0 Å². The second-order valence-electron chi connectivity index (χ2n) is 3.07. The third-order valence-corrected chi connectivity index (χ3v) is 2.52. The summed E-state index contributed by atoms with van der Waals surface area (Å²) in [6, 6.07) is 5.21. The number of carboxylic acids is 1. The van der Waals surface area contributed by atoms with E-state index in [1.54, 1.807) is 18.2 Å². The van der Waals surface area contributed by atoms with Crippen molar-refractivity contribution in [2.24, 2.45) is 0 Å². The largest absolute Gasteiger partial charge is 0.480 e. The molecule has 0 bridgehead atoms. The lowest BCUT2D eigenvalue weighted by atomic mass is 10.3. The standard InChI is InChI=1S/C9H7BrN2O3/c10-5-1-2-6-7(3-5)12(4-8(13)14)9(15)11-6/h1-3H,4H2,(H,11,15)(H,13,14). The van der Waals surface area contributed by atoms with Crippen molar-refractivity contribution < 1.29 is 9.90 Å². The van der Waals surface area contributed by atoms with Gasteiger partial charge in [-0.15, -0.1) is 0 Å². The molecule has 0 unspecified atom stereocenters. The number of nitrogens with zero attached hydrogens (tertiary/aromatic N) is 1. The minimum atomic E-state index is -1.04. The van der Waals surface area contributed by atoms with Gasteiger partial charge in [-0.3, -0.25) is 9.36 Å². The van der Waals surface area contributed by atoms with Gasteiger partial charge in [0.2, 0.25) is 0 Å². The molecule has 0 aliphatic heterocycles. The first-order valence-corrected chi connectivity index (χ1v) is 4.97. The molecule has 1 heterocycles. The number of carbonyl (C=O) groups is 1. The van der Waals surface area contributed by atoms with Gasteiger partial charge in [0.05, 0.1) is 11.0 Å². The summed E-state index contributed by atoms with van der Waals surface area (Å²) in [4.78, 5) is 24.6. The third kappa shape index (κ3) is 1.80. The van der Waals surface area contributed by atoms with Crippen LogP contribution in [0.25, 0.3) is 11.0 Å². The molecular formula is C9H7BrN2O3. The summed E-state index contributed by atoms with van der Waals surface area (Å²) in [7, 11) is 0. The molecule has 0 saturated heterocycles. The van der Waals surface area contributed by atoms with Gasteiger partial charge in [0.1, 0.15) is 6.54 Å². The summed E-state index contributed by atoms with van der Waals surface area (Å²) in [6.45, 7) is -0.338. The highest BCUT2D eigenvalue weighted by molar-refractivity contribution is 9.10. The first-order chi connectivity index (χ1) is 7.08. The smallest absolute Gasteiger partial charge is 0.327 e. The number of nitrogens with one attached hydrogen (secondary N) is 1. The van der Waals surface area contributed by atoms with Crippen molar-refractivity contribution in [3.8, 4) is 0 Å². The van der Waals surface area contributed by atoms with E-state index in [1.165, 1.54) is 4.57 Å². The Morgan fingerprint density at radius 3 is 2.93 bits per heavy atom. The van der Waals surface area contributed by atoms with Crippen LogP contribution < -0.4 is 5.69 Å². The molecule has 2 N–H and O–H groups in total. The first-order valence-electron chi connectivity index (χ1n) is 4.18. The van der Waals surface area contributed by atoms with Gasteiger partial charge in [0.15, 0.2) is 0 Å². The van der Waals surface area contributed by atoms with Gasteiger partial charge in [-0.05, 0) is 18.2 Å². The zero-order valence-corrected chi connectivity index (χ0v) is 9.11. The van der Waals surface area contributed by atoms with Gasteiger partial charge in [-0.1, -0.05) is 15.9 Å². The summed E-state index contributed by atoms with van der Waals surface area (Å²) < 4.78 is 1.98. The molecule has 0 aliphatic carbocycles. The number of aliphatic carboxylic acids is 1. The van der Waals surface area contributed by atoms with Gasteiger partial charge in [0.25, 0.3) is 0 Å². The average Bonchev–Trinajstić information content (AvgIpc) is 2.43. The zero-order valence-electron chi connectivity index (χ0n) is 7.53. The fraction of sp³-hybridized carbons (Fsp3) is 0.111.